The van der Waals surface area contributed by atoms with E-state index in [0.717, 1.165) is 5.39 Å². The molecule has 204 valence electrons. The second-order valence-electron chi connectivity index (χ2n) is 11.0. The van der Waals surface area contributed by atoms with Crippen molar-refractivity contribution in [3.05, 3.63) is 36.0 Å². The number of ether oxygens (including phenoxy) is 3. The van der Waals surface area contributed by atoms with E-state index in [4.69, 9.17) is 14.2 Å². The number of fused-ring (bicyclic) bond motifs is 3. The van der Waals surface area contributed by atoms with Gasteiger partial charge in [0, 0.05) is 30.0 Å². The summed E-state index contributed by atoms with van der Waals surface area (Å²) in [5.41, 5.74) is -0.0103. The maximum absolute atomic E-state index is 13.9. The average Bonchev–Trinajstić information content (AvgIpc) is 3.29. The molecule has 0 aliphatic carbocycles. The molecule has 4 rings (SSSR count). The summed E-state index contributed by atoms with van der Waals surface area (Å²) < 4.78 is 17.0. The fourth-order valence-corrected chi connectivity index (χ4v) is 5.06. The molecule has 4 bridgehead atoms. The van der Waals surface area contributed by atoms with Crippen LogP contribution in [0.3, 0.4) is 0 Å². The van der Waals surface area contributed by atoms with Crippen LogP contribution in [0.25, 0.3) is 10.8 Å². The molecular weight excluding hydrogens is 488 g/mol. The zero-order valence-corrected chi connectivity index (χ0v) is 22.5. The number of benzene rings is 1. The highest BCUT2D eigenvalue weighted by Crippen LogP contribution is 2.35. The lowest BCUT2D eigenvalue weighted by atomic mass is 9.77. The first kappa shape index (κ1) is 27.5. The number of nitrogens with zero attached hydrogens (tertiary/aromatic N) is 2. The molecule has 1 aromatic carbocycles. The van der Waals surface area contributed by atoms with Gasteiger partial charge in [0.05, 0.1) is 32.1 Å². The summed E-state index contributed by atoms with van der Waals surface area (Å²) >= 11 is 0. The van der Waals surface area contributed by atoms with Crippen molar-refractivity contribution >= 4 is 34.4 Å². The summed E-state index contributed by atoms with van der Waals surface area (Å²) in [7, 11) is 0. The van der Waals surface area contributed by atoms with Crippen molar-refractivity contribution in [2.75, 3.05) is 19.8 Å². The monoisotopic (exact) mass is 524 g/mol. The van der Waals surface area contributed by atoms with Gasteiger partial charge in [0.1, 0.15) is 12.1 Å². The normalized spacial score (nSPS) is 23.5. The minimum atomic E-state index is -0.845. The molecule has 1 aromatic heterocycles. The topological polar surface area (TPSA) is 112 Å². The molecule has 0 radical (unpaired) electrons. The van der Waals surface area contributed by atoms with Crippen LogP contribution >= 0.6 is 0 Å². The molecule has 0 N–H and O–H groups in total. The van der Waals surface area contributed by atoms with Gasteiger partial charge in [-0.15, -0.1) is 0 Å². The number of pyridine rings is 1. The van der Waals surface area contributed by atoms with Gasteiger partial charge in [0.15, 0.2) is 5.78 Å². The number of cyclic esters (lactones) is 1. The lowest BCUT2D eigenvalue weighted by Crippen LogP contribution is -2.48. The van der Waals surface area contributed by atoms with Crippen LogP contribution in [0.5, 0.6) is 5.88 Å². The molecule has 3 heterocycles. The predicted octanol–water partition coefficient (Wildman–Crippen LogP) is 4.11. The summed E-state index contributed by atoms with van der Waals surface area (Å²) in [6, 6.07) is 6.42. The Morgan fingerprint density at radius 2 is 1.95 bits per heavy atom. The van der Waals surface area contributed by atoms with E-state index in [2.05, 4.69) is 4.98 Å². The molecule has 1 amide bonds. The Morgan fingerprint density at radius 1 is 1.16 bits per heavy atom. The van der Waals surface area contributed by atoms with Crippen molar-refractivity contribution in [2.45, 2.75) is 71.9 Å². The van der Waals surface area contributed by atoms with Crippen molar-refractivity contribution < 1.29 is 33.4 Å². The SMILES string of the molecule is CCOC(=O)[C@@H]1C[C@@H]2CN1C(=O)[C@H](C(C)(C)C)CC(=O)OCCCCC(=O)c1ccc3ccnc(c3c1)O2. The molecule has 2 aliphatic rings. The van der Waals surface area contributed by atoms with Crippen LogP contribution in [0.2, 0.25) is 0 Å². The second kappa shape index (κ2) is 11.5. The largest absolute Gasteiger partial charge is 0.472 e. The molecule has 0 saturated carbocycles. The number of ketones is 1. The zero-order chi connectivity index (χ0) is 27.4. The molecule has 2 aliphatic heterocycles. The zero-order valence-electron chi connectivity index (χ0n) is 22.5. The van der Waals surface area contributed by atoms with E-state index in [1.165, 1.54) is 4.90 Å². The molecule has 9 nitrogen and oxygen atoms in total. The third kappa shape index (κ3) is 6.14. The van der Waals surface area contributed by atoms with E-state index in [0.29, 0.717) is 36.1 Å². The summed E-state index contributed by atoms with van der Waals surface area (Å²) in [5, 5.41) is 1.56. The van der Waals surface area contributed by atoms with Crippen LogP contribution in [0.4, 0.5) is 0 Å². The average molecular weight is 525 g/mol. The van der Waals surface area contributed by atoms with Gasteiger partial charge in [-0.25, -0.2) is 9.78 Å². The van der Waals surface area contributed by atoms with E-state index >= 15 is 0 Å². The molecule has 38 heavy (non-hydrogen) atoms. The van der Waals surface area contributed by atoms with Gasteiger partial charge in [-0.3, -0.25) is 14.4 Å². The van der Waals surface area contributed by atoms with E-state index in [9.17, 15) is 19.2 Å². The van der Waals surface area contributed by atoms with Crippen molar-refractivity contribution in [1.29, 1.82) is 0 Å². The number of esters is 2. The third-order valence-corrected chi connectivity index (χ3v) is 7.21. The van der Waals surface area contributed by atoms with Crippen LogP contribution in [-0.2, 0) is 23.9 Å². The maximum Gasteiger partial charge on any atom is 0.328 e. The standard InChI is InChI=1S/C29H36N2O7/c1-5-36-28(35)23-15-20-17-31(23)27(34)22(29(2,3)4)16-25(33)37-13-7-6-8-24(32)19-10-9-18-11-12-30-26(38-20)21(18)14-19/h9-12,14,20,22-23H,5-8,13,15-17H2,1-4H3/t20-,22-,23+/m1/s1. The maximum atomic E-state index is 13.9. The van der Waals surface area contributed by atoms with Crippen LogP contribution in [0.1, 0.15) is 70.2 Å². The van der Waals surface area contributed by atoms with Crippen molar-refractivity contribution in [2.24, 2.45) is 11.3 Å². The molecule has 9 heteroatoms. The molecular formula is C29H36N2O7. The first-order valence-corrected chi connectivity index (χ1v) is 13.3. The van der Waals surface area contributed by atoms with Crippen LogP contribution in [0.15, 0.2) is 30.5 Å². The van der Waals surface area contributed by atoms with E-state index in [1.807, 2.05) is 32.9 Å². The summed E-state index contributed by atoms with van der Waals surface area (Å²) in [4.78, 5) is 58.3. The number of carbonyl (C=O) groups excluding carboxylic acids is 4. The summed E-state index contributed by atoms with van der Waals surface area (Å²) in [6.45, 7) is 7.88. The minimum absolute atomic E-state index is 0.0121. The highest BCUT2D eigenvalue weighted by Gasteiger charge is 2.46. The molecule has 3 atom stereocenters. The molecule has 1 fully saturated rings. The molecule has 2 aromatic rings. The Bertz CT molecular complexity index is 1220. The van der Waals surface area contributed by atoms with Crippen LogP contribution in [0, 0.1) is 11.3 Å². The van der Waals surface area contributed by atoms with Crippen molar-refractivity contribution in [3.63, 3.8) is 0 Å². The van der Waals surface area contributed by atoms with Crippen molar-refractivity contribution in [1.82, 2.24) is 9.88 Å². The van der Waals surface area contributed by atoms with Crippen LogP contribution in [-0.4, -0.2) is 65.4 Å². The number of hydrogen-bond donors (Lipinski definition) is 0. The van der Waals surface area contributed by atoms with E-state index in [-0.39, 0.29) is 44.3 Å². The number of rotatable bonds is 2. The van der Waals surface area contributed by atoms with Crippen LogP contribution < -0.4 is 4.74 Å². The number of amides is 1. The summed E-state index contributed by atoms with van der Waals surface area (Å²) in [6.07, 6.45) is 2.64. The van der Waals surface area contributed by atoms with Gasteiger partial charge in [0.25, 0.3) is 0 Å². The molecule has 0 spiro atoms. The van der Waals surface area contributed by atoms with Gasteiger partial charge in [-0.2, -0.15) is 0 Å². The van der Waals surface area contributed by atoms with Crippen molar-refractivity contribution in [3.8, 4) is 5.88 Å². The van der Waals surface area contributed by atoms with Gasteiger partial charge >= 0.3 is 11.9 Å². The van der Waals surface area contributed by atoms with E-state index < -0.39 is 35.4 Å². The lowest BCUT2D eigenvalue weighted by Gasteiger charge is -2.34. The van der Waals surface area contributed by atoms with Gasteiger partial charge in [-0.1, -0.05) is 32.9 Å². The Hall–Kier alpha value is -3.49. The first-order chi connectivity index (χ1) is 18.1. The van der Waals surface area contributed by atoms with Gasteiger partial charge in [0.2, 0.25) is 11.8 Å². The quantitative estimate of drug-likeness (QED) is 0.540. The van der Waals surface area contributed by atoms with E-state index in [1.54, 1.807) is 25.3 Å². The Balaban J connectivity index is 1.73. The number of hydrogen-bond acceptors (Lipinski definition) is 8. The Kier molecular flexibility index (Phi) is 8.33. The summed E-state index contributed by atoms with van der Waals surface area (Å²) in [5.74, 6) is -1.67. The minimum Gasteiger partial charge on any atom is -0.472 e. The predicted molar refractivity (Wildman–Crippen MR) is 140 cm³/mol. The first-order valence-electron chi connectivity index (χ1n) is 13.3. The fourth-order valence-electron chi connectivity index (χ4n) is 5.06. The lowest BCUT2D eigenvalue weighted by molar-refractivity contribution is -0.158. The number of Topliss-reactive ketones (excluding diaryl/α,β-unsaturated/α-hetero) is 1. The third-order valence-electron chi connectivity index (χ3n) is 7.21. The smallest absolute Gasteiger partial charge is 0.328 e. The second-order valence-corrected chi connectivity index (χ2v) is 11.0. The highest BCUT2D eigenvalue weighted by atomic mass is 16.5. The number of aromatic nitrogens is 1. The van der Waals surface area contributed by atoms with Gasteiger partial charge < -0.3 is 19.1 Å². The Morgan fingerprint density at radius 3 is 2.68 bits per heavy atom. The highest BCUT2D eigenvalue weighted by molar-refractivity contribution is 6.01. The fraction of sp³-hybridized carbons (Fsp3) is 0.552. The Labute approximate surface area is 222 Å². The van der Waals surface area contributed by atoms with Gasteiger partial charge in [-0.05, 0) is 42.7 Å². The molecule has 1 saturated heterocycles. The number of carbonyl (C=O) groups is 4. The molecule has 0 unspecified atom stereocenters.